The standard InChI is InChI=1S/C24H29NO6/c1-15-10-19(25-22(27)13-23(28)29)11-16(2)24(15)31-20-7-8-21(26)18(12-20)6-5-17-4-3-9-30-14-17/h7-8,10-12,17,26H,3-6,9,13-14H2,1-2H3,(H,25,27)(H,28,29). The zero-order valence-corrected chi connectivity index (χ0v) is 17.9. The summed E-state index contributed by atoms with van der Waals surface area (Å²) in [7, 11) is 0. The molecule has 166 valence electrons. The van der Waals surface area contributed by atoms with Gasteiger partial charge < -0.3 is 25.0 Å². The van der Waals surface area contributed by atoms with Crippen LogP contribution in [0, 0.1) is 19.8 Å². The van der Waals surface area contributed by atoms with Crippen LogP contribution in [0.4, 0.5) is 5.69 Å². The molecule has 1 aliphatic heterocycles. The Morgan fingerprint density at radius 2 is 1.94 bits per heavy atom. The molecule has 0 radical (unpaired) electrons. The summed E-state index contributed by atoms with van der Waals surface area (Å²) in [5, 5.41) is 21.6. The Morgan fingerprint density at radius 3 is 2.58 bits per heavy atom. The maximum atomic E-state index is 11.7. The number of phenols is 1. The highest BCUT2D eigenvalue weighted by atomic mass is 16.5. The van der Waals surface area contributed by atoms with Crippen LogP contribution in [0.3, 0.4) is 0 Å². The molecular weight excluding hydrogens is 398 g/mol. The van der Waals surface area contributed by atoms with E-state index in [1.54, 1.807) is 24.3 Å². The maximum absolute atomic E-state index is 11.7. The minimum atomic E-state index is -1.18. The van der Waals surface area contributed by atoms with Gasteiger partial charge in [0.2, 0.25) is 5.91 Å². The van der Waals surface area contributed by atoms with E-state index in [-0.39, 0.29) is 5.75 Å². The van der Waals surface area contributed by atoms with Gasteiger partial charge in [0, 0.05) is 18.9 Å². The van der Waals surface area contributed by atoms with Crippen molar-refractivity contribution in [2.45, 2.75) is 46.0 Å². The van der Waals surface area contributed by atoms with Crippen LogP contribution in [0.25, 0.3) is 0 Å². The largest absolute Gasteiger partial charge is 0.508 e. The summed E-state index contributed by atoms with van der Waals surface area (Å²) >= 11 is 0. The van der Waals surface area contributed by atoms with Crippen LogP contribution in [-0.2, 0) is 20.7 Å². The van der Waals surface area contributed by atoms with Crippen LogP contribution in [-0.4, -0.2) is 35.3 Å². The van der Waals surface area contributed by atoms with Gasteiger partial charge in [-0.05, 0) is 92.5 Å². The Kier molecular flexibility index (Phi) is 7.52. The Labute approximate surface area is 182 Å². The van der Waals surface area contributed by atoms with Crippen molar-refractivity contribution in [2.75, 3.05) is 18.5 Å². The van der Waals surface area contributed by atoms with E-state index in [0.29, 0.717) is 23.1 Å². The summed E-state index contributed by atoms with van der Waals surface area (Å²) in [5.41, 5.74) is 2.98. The minimum absolute atomic E-state index is 0.258. The number of benzene rings is 2. The van der Waals surface area contributed by atoms with Crippen molar-refractivity contribution in [3.8, 4) is 17.2 Å². The third-order valence-corrected chi connectivity index (χ3v) is 5.40. The molecule has 0 aromatic heterocycles. The number of rotatable bonds is 8. The second-order valence-electron chi connectivity index (χ2n) is 8.07. The number of nitrogens with one attached hydrogen (secondary N) is 1. The van der Waals surface area contributed by atoms with Crippen molar-refractivity contribution in [3.05, 3.63) is 47.0 Å². The minimum Gasteiger partial charge on any atom is -0.508 e. The lowest BCUT2D eigenvalue weighted by atomic mass is 9.94. The molecule has 3 N–H and O–H groups in total. The Bertz CT molecular complexity index is 926. The second-order valence-corrected chi connectivity index (χ2v) is 8.07. The topological polar surface area (TPSA) is 105 Å². The average molecular weight is 427 g/mol. The number of amides is 1. The van der Waals surface area contributed by atoms with Crippen LogP contribution < -0.4 is 10.1 Å². The molecule has 1 saturated heterocycles. The summed E-state index contributed by atoms with van der Waals surface area (Å²) in [6.07, 6.45) is 3.37. The molecule has 3 rings (SSSR count). The van der Waals surface area contributed by atoms with Gasteiger partial charge in [-0.25, -0.2) is 0 Å². The third kappa shape index (κ3) is 6.46. The van der Waals surface area contributed by atoms with Crippen molar-refractivity contribution < 1.29 is 29.3 Å². The first kappa shape index (κ1) is 22.6. The summed E-state index contributed by atoms with van der Waals surface area (Å²) in [5.74, 6) is 0.312. The highest BCUT2D eigenvalue weighted by molar-refractivity contribution is 6.01. The van der Waals surface area contributed by atoms with Gasteiger partial charge in [0.15, 0.2) is 0 Å². The van der Waals surface area contributed by atoms with Crippen molar-refractivity contribution in [3.63, 3.8) is 0 Å². The van der Waals surface area contributed by atoms with Crippen molar-refractivity contribution in [1.29, 1.82) is 0 Å². The molecular formula is C24H29NO6. The van der Waals surface area contributed by atoms with E-state index in [0.717, 1.165) is 55.6 Å². The van der Waals surface area contributed by atoms with Gasteiger partial charge in [0.1, 0.15) is 23.7 Å². The van der Waals surface area contributed by atoms with Gasteiger partial charge in [-0.3, -0.25) is 9.59 Å². The predicted molar refractivity (Wildman–Crippen MR) is 117 cm³/mol. The molecule has 1 heterocycles. The lowest BCUT2D eigenvalue weighted by Crippen LogP contribution is -2.17. The number of carbonyl (C=O) groups excluding carboxylic acids is 1. The SMILES string of the molecule is Cc1cc(NC(=O)CC(=O)O)cc(C)c1Oc1ccc(O)c(CCC2CCCOC2)c1. The fraction of sp³-hybridized carbons (Fsp3) is 0.417. The number of hydrogen-bond acceptors (Lipinski definition) is 5. The summed E-state index contributed by atoms with van der Waals surface area (Å²) in [6, 6.07) is 8.72. The Morgan fingerprint density at radius 1 is 1.19 bits per heavy atom. The lowest BCUT2D eigenvalue weighted by Gasteiger charge is -2.22. The van der Waals surface area contributed by atoms with Gasteiger partial charge in [-0.2, -0.15) is 0 Å². The van der Waals surface area contributed by atoms with Crippen LogP contribution in [0.2, 0.25) is 0 Å². The number of carboxylic acids is 1. The van der Waals surface area contributed by atoms with Crippen LogP contribution in [0.5, 0.6) is 17.2 Å². The van der Waals surface area contributed by atoms with Gasteiger partial charge in [-0.1, -0.05) is 0 Å². The third-order valence-electron chi connectivity index (χ3n) is 5.40. The van der Waals surface area contributed by atoms with Gasteiger partial charge >= 0.3 is 5.97 Å². The Hall–Kier alpha value is -3.06. The molecule has 1 atom stereocenters. The molecule has 1 unspecified atom stereocenters. The number of carboxylic acid groups (broad SMARTS) is 1. The van der Waals surface area contributed by atoms with E-state index in [2.05, 4.69) is 5.32 Å². The molecule has 0 saturated carbocycles. The molecule has 31 heavy (non-hydrogen) atoms. The number of aromatic hydroxyl groups is 1. The quantitative estimate of drug-likeness (QED) is 0.533. The molecule has 0 aliphatic carbocycles. The molecule has 1 amide bonds. The molecule has 7 heteroatoms. The number of carbonyl (C=O) groups is 2. The molecule has 2 aromatic rings. The van der Waals surface area contributed by atoms with E-state index >= 15 is 0 Å². The number of phenolic OH excluding ortho intramolecular Hbond substituents is 1. The zero-order valence-electron chi connectivity index (χ0n) is 17.9. The summed E-state index contributed by atoms with van der Waals surface area (Å²) in [4.78, 5) is 22.4. The molecule has 2 aromatic carbocycles. The first-order chi connectivity index (χ1) is 14.8. The fourth-order valence-electron chi connectivity index (χ4n) is 3.86. The van der Waals surface area contributed by atoms with Crippen LogP contribution in [0.1, 0.15) is 42.4 Å². The van der Waals surface area contributed by atoms with Crippen molar-refractivity contribution >= 4 is 17.6 Å². The highest BCUT2D eigenvalue weighted by Crippen LogP contribution is 2.34. The number of anilines is 1. The van der Waals surface area contributed by atoms with Crippen LogP contribution in [0.15, 0.2) is 30.3 Å². The highest BCUT2D eigenvalue weighted by Gasteiger charge is 2.16. The van der Waals surface area contributed by atoms with Gasteiger partial charge in [0.05, 0.1) is 0 Å². The predicted octanol–water partition coefficient (Wildman–Crippen LogP) is 4.57. The van der Waals surface area contributed by atoms with E-state index in [1.807, 2.05) is 19.9 Å². The van der Waals surface area contributed by atoms with E-state index in [4.69, 9.17) is 14.6 Å². The number of aryl methyl sites for hydroxylation is 3. The normalized spacial score (nSPS) is 16.0. The molecule has 0 bridgehead atoms. The first-order valence-corrected chi connectivity index (χ1v) is 10.5. The van der Waals surface area contributed by atoms with E-state index in [9.17, 15) is 14.7 Å². The van der Waals surface area contributed by atoms with Crippen LogP contribution >= 0.6 is 0 Å². The molecule has 1 aliphatic rings. The van der Waals surface area contributed by atoms with E-state index < -0.39 is 18.3 Å². The average Bonchev–Trinajstić information content (AvgIpc) is 2.71. The smallest absolute Gasteiger partial charge is 0.312 e. The second kappa shape index (κ2) is 10.3. The number of hydrogen-bond donors (Lipinski definition) is 3. The van der Waals surface area contributed by atoms with Crippen molar-refractivity contribution in [2.24, 2.45) is 5.92 Å². The molecule has 1 fully saturated rings. The molecule has 7 nitrogen and oxygen atoms in total. The number of aliphatic carboxylic acids is 1. The molecule has 0 spiro atoms. The van der Waals surface area contributed by atoms with Crippen molar-refractivity contribution in [1.82, 2.24) is 0 Å². The first-order valence-electron chi connectivity index (χ1n) is 10.5. The van der Waals surface area contributed by atoms with Gasteiger partial charge in [0.25, 0.3) is 0 Å². The monoisotopic (exact) mass is 427 g/mol. The number of ether oxygens (including phenoxy) is 2. The fourth-order valence-corrected chi connectivity index (χ4v) is 3.86. The lowest BCUT2D eigenvalue weighted by molar-refractivity contribution is -0.139. The zero-order chi connectivity index (χ0) is 22.4. The maximum Gasteiger partial charge on any atom is 0.312 e. The summed E-state index contributed by atoms with van der Waals surface area (Å²) in [6.45, 7) is 5.34. The van der Waals surface area contributed by atoms with Gasteiger partial charge in [-0.15, -0.1) is 0 Å². The summed E-state index contributed by atoms with van der Waals surface area (Å²) < 4.78 is 11.6. The Balaban J connectivity index is 1.69. The van der Waals surface area contributed by atoms with E-state index in [1.165, 1.54) is 0 Å².